The summed E-state index contributed by atoms with van der Waals surface area (Å²) in [5.74, 6) is 0.539. The summed E-state index contributed by atoms with van der Waals surface area (Å²) in [6.07, 6.45) is 1.26. The number of aryl methyl sites for hydroxylation is 2. The Balaban J connectivity index is 2.20. The van der Waals surface area contributed by atoms with E-state index in [-0.39, 0.29) is 5.91 Å². The van der Waals surface area contributed by atoms with Gasteiger partial charge < -0.3 is 10.1 Å². The lowest BCUT2D eigenvalue weighted by atomic mass is 10.1. The maximum Gasteiger partial charge on any atom is 0.254 e. The standard InChI is InChI=1S/C16H21N3O2/c1-11-6-5-7-14(8-11)10-19-15(12(2)9-17-19)18-16(20)13(3)21-4/h5-9,13H,10H2,1-4H3,(H,18,20). The van der Waals surface area contributed by atoms with Crippen LogP contribution in [0.25, 0.3) is 0 Å². The second kappa shape index (κ2) is 6.54. The van der Waals surface area contributed by atoms with Crippen molar-refractivity contribution in [2.75, 3.05) is 12.4 Å². The van der Waals surface area contributed by atoms with Gasteiger partial charge in [-0.1, -0.05) is 29.8 Å². The number of rotatable bonds is 5. The van der Waals surface area contributed by atoms with Gasteiger partial charge in [-0.3, -0.25) is 4.79 Å². The van der Waals surface area contributed by atoms with Crippen LogP contribution in [0.3, 0.4) is 0 Å². The van der Waals surface area contributed by atoms with Gasteiger partial charge in [0.1, 0.15) is 11.9 Å². The van der Waals surface area contributed by atoms with Crippen molar-refractivity contribution in [3.8, 4) is 0 Å². The van der Waals surface area contributed by atoms with E-state index in [1.165, 1.54) is 12.7 Å². The summed E-state index contributed by atoms with van der Waals surface area (Å²) in [5, 5.41) is 7.22. The number of nitrogens with zero attached hydrogens (tertiary/aromatic N) is 2. The molecule has 21 heavy (non-hydrogen) atoms. The zero-order chi connectivity index (χ0) is 15.4. The Bertz CT molecular complexity index is 634. The molecule has 5 nitrogen and oxygen atoms in total. The van der Waals surface area contributed by atoms with Gasteiger partial charge in [0.25, 0.3) is 5.91 Å². The first-order chi connectivity index (χ1) is 10.0. The molecule has 0 aliphatic carbocycles. The van der Waals surface area contributed by atoms with Crippen LogP contribution >= 0.6 is 0 Å². The third kappa shape index (κ3) is 3.70. The lowest BCUT2D eigenvalue weighted by molar-refractivity contribution is -0.124. The fourth-order valence-electron chi connectivity index (χ4n) is 2.07. The first-order valence-corrected chi connectivity index (χ1v) is 6.93. The molecule has 0 saturated carbocycles. The van der Waals surface area contributed by atoms with E-state index >= 15 is 0 Å². The van der Waals surface area contributed by atoms with E-state index in [4.69, 9.17) is 4.74 Å². The van der Waals surface area contributed by atoms with Crippen molar-refractivity contribution in [1.29, 1.82) is 0 Å². The van der Waals surface area contributed by atoms with E-state index in [0.717, 1.165) is 11.1 Å². The van der Waals surface area contributed by atoms with Crippen LogP contribution in [0.2, 0.25) is 0 Å². The smallest absolute Gasteiger partial charge is 0.254 e. The molecule has 0 bridgehead atoms. The molecular formula is C16H21N3O2. The van der Waals surface area contributed by atoms with E-state index < -0.39 is 6.10 Å². The maximum absolute atomic E-state index is 12.0. The third-order valence-electron chi connectivity index (χ3n) is 3.40. The summed E-state index contributed by atoms with van der Waals surface area (Å²) in [6.45, 7) is 6.31. The Kier molecular flexibility index (Phi) is 4.75. The topological polar surface area (TPSA) is 56.1 Å². The van der Waals surface area contributed by atoms with Gasteiger partial charge in [-0.05, 0) is 26.3 Å². The highest BCUT2D eigenvalue weighted by molar-refractivity contribution is 5.93. The molecule has 0 spiro atoms. The number of amides is 1. The molecule has 2 rings (SSSR count). The van der Waals surface area contributed by atoms with E-state index in [9.17, 15) is 4.79 Å². The van der Waals surface area contributed by atoms with Gasteiger partial charge in [0.2, 0.25) is 0 Å². The van der Waals surface area contributed by atoms with Gasteiger partial charge in [-0.25, -0.2) is 4.68 Å². The Morgan fingerprint density at radius 1 is 1.43 bits per heavy atom. The van der Waals surface area contributed by atoms with Crippen LogP contribution in [0.1, 0.15) is 23.6 Å². The van der Waals surface area contributed by atoms with Crippen molar-refractivity contribution in [3.63, 3.8) is 0 Å². The molecule has 1 N–H and O–H groups in total. The lowest BCUT2D eigenvalue weighted by Crippen LogP contribution is -2.28. The van der Waals surface area contributed by atoms with Crippen molar-refractivity contribution in [2.24, 2.45) is 0 Å². The third-order valence-corrected chi connectivity index (χ3v) is 3.40. The molecule has 0 fully saturated rings. The summed E-state index contributed by atoms with van der Waals surface area (Å²) in [5.41, 5.74) is 3.28. The predicted molar refractivity (Wildman–Crippen MR) is 82.3 cm³/mol. The molecular weight excluding hydrogens is 266 g/mol. The maximum atomic E-state index is 12.0. The fourth-order valence-corrected chi connectivity index (χ4v) is 2.07. The summed E-state index contributed by atoms with van der Waals surface area (Å²) in [7, 11) is 1.52. The van der Waals surface area contributed by atoms with Crippen molar-refractivity contribution in [2.45, 2.75) is 33.4 Å². The molecule has 5 heteroatoms. The minimum absolute atomic E-state index is 0.174. The average molecular weight is 287 g/mol. The second-order valence-electron chi connectivity index (χ2n) is 5.19. The minimum atomic E-state index is -0.494. The quantitative estimate of drug-likeness (QED) is 0.919. The molecule has 1 amide bonds. The number of carbonyl (C=O) groups excluding carboxylic acids is 1. The zero-order valence-electron chi connectivity index (χ0n) is 12.9. The number of hydrogen-bond donors (Lipinski definition) is 1. The zero-order valence-corrected chi connectivity index (χ0v) is 12.9. The number of ether oxygens (including phenoxy) is 1. The minimum Gasteiger partial charge on any atom is -0.372 e. The van der Waals surface area contributed by atoms with Crippen molar-refractivity contribution >= 4 is 11.7 Å². The summed E-state index contributed by atoms with van der Waals surface area (Å²) in [4.78, 5) is 12.0. The van der Waals surface area contributed by atoms with Crippen LogP contribution in [0.5, 0.6) is 0 Å². The molecule has 0 radical (unpaired) electrons. The number of aromatic nitrogens is 2. The molecule has 0 saturated heterocycles. The molecule has 2 aromatic rings. The first-order valence-electron chi connectivity index (χ1n) is 6.93. The van der Waals surface area contributed by atoms with Gasteiger partial charge in [-0.15, -0.1) is 0 Å². The highest BCUT2D eigenvalue weighted by atomic mass is 16.5. The van der Waals surface area contributed by atoms with E-state index in [1.807, 2.05) is 19.1 Å². The van der Waals surface area contributed by atoms with Crippen LogP contribution < -0.4 is 5.32 Å². The summed E-state index contributed by atoms with van der Waals surface area (Å²) < 4.78 is 6.83. The van der Waals surface area contributed by atoms with Crippen LogP contribution in [-0.4, -0.2) is 28.9 Å². The Labute approximate surface area is 124 Å². The van der Waals surface area contributed by atoms with Crippen LogP contribution in [-0.2, 0) is 16.1 Å². The number of methoxy groups -OCH3 is 1. The van der Waals surface area contributed by atoms with Crippen LogP contribution in [0, 0.1) is 13.8 Å². The fraction of sp³-hybridized carbons (Fsp3) is 0.375. The highest BCUT2D eigenvalue weighted by Gasteiger charge is 2.16. The second-order valence-corrected chi connectivity index (χ2v) is 5.19. The number of benzene rings is 1. The molecule has 112 valence electrons. The van der Waals surface area contributed by atoms with Gasteiger partial charge in [-0.2, -0.15) is 5.10 Å². The average Bonchev–Trinajstić information content (AvgIpc) is 2.79. The largest absolute Gasteiger partial charge is 0.372 e. The lowest BCUT2D eigenvalue weighted by Gasteiger charge is -2.13. The Morgan fingerprint density at radius 3 is 2.86 bits per heavy atom. The molecule has 0 aliphatic heterocycles. The van der Waals surface area contributed by atoms with Crippen LogP contribution in [0.4, 0.5) is 5.82 Å². The van der Waals surface area contributed by atoms with Crippen molar-refractivity contribution in [1.82, 2.24) is 9.78 Å². The molecule has 1 aromatic heterocycles. The first kappa shape index (κ1) is 15.3. The van der Waals surface area contributed by atoms with Crippen LogP contribution in [0.15, 0.2) is 30.5 Å². The van der Waals surface area contributed by atoms with Crippen molar-refractivity contribution < 1.29 is 9.53 Å². The van der Waals surface area contributed by atoms with E-state index in [0.29, 0.717) is 12.4 Å². The molecule has 1 aromatic carbocycles. The molecule has 0 aliphatic rings. The van der Waals surface area contributed by atoms with E-state index in [1.54, 1.807) is 17.8 Å². The molecule has 1 atom stereocenters. The molecule has 1 heterocycles. The Morgan fingerprint density at radius 2 is 2.19 bits per heavy atom. The van der Waals surface area contributed by atoms with Gasteiger partial charge in [0.15, 0.2) is 0 Å². The van der Waals surface area contributed by atoms with Gasteiger partial charge in [0, 0.05) is 12.7 Å². The highest BCUT2D eigenvalue weighted by Crippen LogP contribution is 2.17. The summed E-state index contributed by atoms with van der Waals surface area (Å²) in [6, 6.07) is 8.24. The number of hydrogen-bond acceptors (Lipinski definition) is 3. The van der Waals surface area contributed by atoms with Crippen molar-refractivity contribution in [3.05, 3.63) is 47.2 Å². The number of nitrogens with one attached hydrogen (secondary N) is 1. The van der Waals surface area contributed by atoms with Gasteiger partial charge >= 0.3 is 0 Å². The Hall–Kier alpha value is -2.14. The predicted octanol–water partition coefficient (Wildman–Crippen LogP) is 2.52. The SMILES string of the molecule is COC(C)C(=O)Nc1c(C)cnn1Cc1cccc(C)c1. The monoisotopic (exact) mass is 287 g/mol. The van der Waals surface area contributed by atoms with Gasteiger partial charge in [0.05, 0.1) is 12.7 Å². The number of carbonyl (C=O) groups is 1. The summed E-state index contributed by atoms with van der Waals surface area (Å²) >= 11 is 0. The number of anilines is 1. The van der Waals surface area contributed by atoms with E-state index in [2.05, 4.69) is 29.5 Å². The normalized spacial score (nSPS) is 12.2. The molecule has 1 unspecified atom stereocenters.